The molecule has 1 aliphatic heterocycles. The van der Waals surface area contributed by atoms with Crippen molar-refractivity contribution < 1.29 is 5.11 Å². The van der Waals surface area contributed by atoms with Crippen molar-refractivity contribution in [3.8, 4) is 0 Å². The number of aliphatic hydroxyl groups is 1. The van der Waals surface area contributed by atoms with Gasteiger partial charge in [-0.05, 0) is 12.8 Å². The molecule has 3 heterocycles. The second-order valence-corrected chi connectivity index (χ2v) is 5.51. The van der Waals surface area contributed by atoms with Crippen LogP contribution in [0.5, 0.6) is 0 Å². The maximum atomic E-state index is 11.5. The normalized spacial score (nSPS) is 24.5. The van der Waals surface area contributed by atoms with Gasteiger partial charge in [-0.2, -0.15) is 0 Å². The van der Waals surface area contributed by atoms with Crippen molar-refractivity contribution in [2.75, 3.05) is 6.61 Å². The van der Waals surface area contributed by atoms with Gasteiger partial charge in [-0.3, -0.25) is 4.79 Å². The lowest BCUT2D eigenvalue weighted by Crippen LogP contribution is -2.08. The Labute approximate surface area is 101 Å². The minimum atomic E-state index is -0.213. The number of fused-ring (bicyclic) bond motifs is 1. The van der Waals surface area contributed by atoms with Crippen LogP contribution in [-0.4, -0.2) is 36.5 Å². The van der Waals surface area contributed by atoms with Crippen molar-refractivity contribution in [2.24, 2.45) is 0 Å². The smallest absolute Gasteiger partial charge is 0.278 e. The Bertz CT molecular complexity index is 593. The standard InChI is InChI=1S/C10H12N4O2S/c15-3-6-1-2-7(17-6)14-5-13-8-9(14)11-4-12-10(8)16/h4-7,15H,1-3H2,(H,11,12,16)/t6-,7+/m0/s1. The van der Waals surface area contributed by atoms with Crippen LogP contribution in [0.3, 0.4) is 0 Å². The summed E-state index contributed by atoms with van der Waals surface area (Å²) in [5.74, 6) is 0. The average molecular weight is 252 g/mol. The lowest BCUT2D eigenvalue weighted by atomic mass is 10.2. The molecule has 0 amide bonds. The summed E-state index contributed by atoms with van der Waals surface area (Å²) in [7, 11) is 0. The summed E-state index contributed by atoms with van der Waals surface area (Å²) in [6.45, 7) is 0.196. The number of aliphatic hydroxyl groups excluding tert-OH is 1. The van der Waals surface area contributed by atoms with E-state index in [0.29, 0.717) is 11.2 Å². The Kier molecular flexibility index (Phi) is 2.64. The number of hydrogen-bond donors (Lipinski definition) is 2. The van der Waals surface area contributed by atoms with E-state index >= 15 is 0 Å². The fourth-order valence-corrected chi connectivity index (χ4v) is 3.46. The molecule has 0 aromatic carbocycles. The van der Waals surface area contributed by atoms with Crippen LogP contribution in [0.1, 0.15) is 18.2 Å². The largest absolute Gasteiger partial charge is 0.395 e. The number of thioether (sulfide) groups is 1. The molecule has 90 valence electrons. The zero-order valence-corrected chi connectivity index (χ0v) is 9.85. The molecule has 7 heteroatoms. The topological polar surface area (TPSA) is 83.8 Å². The summed E-state index contributed by atoms with van der Waals surface area (Å²) in [4.78, 5) is 22.3. The number of aromatic nitrogens is 4. The summed E-state index contributed by atoms with van der Waals surface area (Å²) < 4.78 is 1.92. The van der Waals surface area contributed by atoms with Crippen LogP contribution in [-0.2, 0) is 0 Å². The molecule has 2 aromatic heterocycles. The van der Waals surface area contributed by atoms with Crippen molar-refractivity contribution in [1.82, 2.24) is 19.5 Å². The van der Waals surface area contributed by atoms with Crippen molar-refractivity contribution >= 4 is 22.9 Å². The molecular formula is C10H12N4O2S. The predicted octanol–water partition coefficient (Wildman–Crippen LogP) is 0.506. The van der Waals surface area contributed by atoms with Gasteiger partial charge in [-0.1, -0.05) is 0 Å². The Morgan fingerprint density at radius 2 is 2.41 bits per heavy atom. The summed E-state index contributed by atoms with van der Waals surface area (Å²) >= 11 is 1.71. The highest BCUT2D eigenvalue weighted by Crippen LogP contribution is 2.41. The Morgan fingerprint density at radius 3 is 3.18 bits per heavy atom. The number of nitrogens with one attached hydrogen (secondary N) is 1. The summed E-state index contributed by atoms with van der Waals surface area (Å²) in [5, 5.41) is 9.61. The maximum Gasteiger partial charge on any atom is 0.278 e. The molecule has 1 aliphatic rings. The van der Waals surface area contributed by atoms with Gasteiger partial charge in [0.1, 0.15) is 0 Å². The molecule has 2 aromatic rings. The zero-order chi connectivity index (χ0) is 11.8. The van der Waals surface area contributed by atoms with Gasteiger partial charge in [-0.15, -0.1) is 11.8 Å². The molecule has 1 saturated heterocycles. The van der Waals surface area contributed by atoms with Crippen LogP contribution < -0.4 is 5.56 Å². The third kappa shape index (κ3) is 1.75. The van der Waals surface area contributed by atoms with Crippen LogP contribution in [0, 0.1) is 0 Å². The molecule has 0 saturated carbocycles. The molecule has 1 fully saturated rings. The minimum Gasteiger partial charge on any atom is -0.395 e. The van der Waals surface area contributed by atoms with E-state index in [-0.39, 0.29) is 22.8 Å². The molecule has 2 atom stereocenters. The lowest BCUT2D eigenvalue weighted by Gasteiger charge is -2.11. The number of nitrogens with zero attached hydrogens (tertiary/aromatic N) is 3. The number of aromatic amines is 1. The van der Waals surface area contributed by atoms with Gasteiger partial charge >= 0.3 is 0 Å². The third-order valence-corrected chi connectivity index (χ3v) is 4.51. The van der Waals surface area contributed by atoms with Gasteiger partial charge in [0.15, 0.2) is 11.2 Å². The highest BCUT2D eigenvalue weighted by Gasteiger charge is 2.27. The maximum absolute atomic E-state index is 11.5. The SMILES string of the molecule is O=c1[nH]cnc2c1ncn2[C@H]1CC[C@@H](CO)S1. The quantitative estimate of drug-likeness (QED) is 0.813. The van der Waals surface area contributed by atoms with Crippen LogP contribution >= 0.6 is 11.8 Å². The second kappa shape index (κ2) is 4.15. The molecule has 0 bridgehead atoms. The van der Waals surface area contributed by atoms with E-state index < -0.39 is 0 Å². The highest BCUT2D eigenvalue weighted by atomic mass is 32.2. The molecular weight excluding hydrogens is 240 g/mol. The average Bonchev–Trinajstić information content (AvgIpc) is 2.94. The fraction of sp³-hybridized carbons (Fsp3) is 0.500. The van der Waals surface area contributed by atoms with E-state index in [2.05, 4.69) is 15.0 Å². The first kappa shape index (κ1) is 10.8. The van der Waals surface area contributed by atoms with Gasteiger partial charge in [0.05, 0.1) is 24.6 Å². The molecule has 17 heavy (non-hydrogen) atoms. The van der Waals surface area contributed by atoms with Crippen LogP contribution in [0.4, 0.5) is 0 Å². The first-order chi connectivity index (χ1) is 8.29. The third-order valence-electron chi connectivity index (χ3n) is 2.96. The van der Waals surface area contributed by atoms with E-state index in [1.54, 1.807) is 18.1 Å². The molecule has 0 aliphatic carbocycles. The lowest BCUT2D eigenvalue weighted by molar-refractivity contribution is 0.292. The van der Waals surface area contributed by atoms with E-state index in [4.69, 9.17) is 5.11 Å². The van der Waals surface area contributed by atoms with E-state index in [0.717, 1.165) is 12.8 Å². The Hall–Kier alpha value is -1.34. The molecule has 2 N–H and O–H groups in total. The summed E-state index contributed by atoms with van der Waals surface area (Å²) in [5.41, 5.74) is 0.779. The van der Waals surface area contributed by atoms with Crippen molar-refractivity contribution in [3.05, 3.63) is 23.0 Å². The summed E-state index contributed by atoms with van der Waals surface area (Å²) in [6.07, 6.45) is 5.00. The molecule has 6 nitrogen and oxygen atoms in total. The fourth-order valence-electron chi connectivity index (χ4n) is 2.10. The van der Waals surface area contributed by atoms with Crippen molar-refractivity contribution in [3.63, 3.8) is 0 Å². The van der Waals surface area contributed by atoms with Crippen LogP contribution in [0.25, 0.3) is 11.2 Å². The van der Waals surface area contributed by atoms with Gasteiger partial charge in [-0.25, -0.2) is 9.97 Å². The van der Waals surface area contributed by atoms with Gasteiger partial charge < -0.3 is 14.7 Å². The molecule has 3 rings (SSSR count). The van der Waals surface area contributed by atoms with Crippen molar-refractivity contribution in [2.45, 2.75) is 23.5 Å². The summed E-state index contributed by atoms with van der Waals surface area (Å²) in [6, 6.07) is 0. The van der Waals surface area contributed by atoms with E-state index in [9.17, 15) is 4.79 Å². The number of imidazole rings is 1. The van der Waals surface area contributed by atoms with Gasteiger partial charge in [0.25, 0.3) is 5.56 Å². The Balaban J connectivity index is 2.02. The van der Waals surface area contributed by atoms with E-state index in [1.165, 1.54) is 6.33 Å². The van der Waals surface area contributed by atoms with Crippen molar-refractivity contribution in [1.29, 1.82) is 0 Å². The number of H-pyrrole nitrogens is 1. The minimum absolute atomic E-state index is 0.196. The number of rotatable bonds is 2. The zero-order valence-electron chi connectivity index (χ0n) is 9.04. The van der Waals surface area contributed by atoms with E-state index in [1.807, 2.05) is 4.57 Å². The molecule has 0 spiro atoms. The van der Waals surface area contributed by atoms with Gasteiger partial charge in [0, 0.05) is 5.25 Å². The first-order valence-corrected chi connectivity index (χ1v) is 6.40. The monoisotopic (exact) mass is 252 g/mol. The Morgan fingerprint density at radius 1 is 1.53 bits per heavy atom. The second-order valence-electron chi connectivity index (χ2n) is 4.03. The predicted molar refractivity (Wildman–Crippen MR) is 64.9 cm³/mol. The first-order valence-electron chi connectivity index (χ1n) is 5.46. The number of hydrogen-bond acceptors (Lipinski definition) is 5. The highest BCUT2D eigenvalue weighted by molar-refractivity contribution is 8.00. The molecule has 0 unspecified atom stereocenters. The molecule has 0 radical (unpaired) electrons. The van der Waals surface area contributed by atoms with Gasteiger partial charge in [0.2, 0.25) is 0 Å². The van der Waals surface area contributed by atoms with Crippen LogP contribution in [0.2, 0.25) is 0 Å². The van der Waals surface area contributed by atoms with Crippen LogP contribution in [0.15, 0.2) is 17.4 Å².